The normalized spacial score (nSPS) is 16.3. The van der Waals surface area contributed by atoms with Crippen molar-refractivity contribution in [1.29, 1.82) is 0 Å². The first-order valence-electron chi connectivity index (χ1n) is 12.0. The van der Waals surface area contributed by atoms with Gasteiger partial charge in [0.2, 0.25) is 0 Å². The van der Waals surface area contributed by atoms with Crippen molar-refractivity contribution < 1.29 is 32.5 Å². The summed E-state index contributed by atoms with van der Waals surface area (Å²) in [4.78, 5) is 6.10. The van der Waals surface area contributed by atoms with Gasteiger partial charge in [0.25, 0.3) is 0 Å². The van der Waals surface area contributed by atoms with Crippen LogP contribution in [-0.4, -0.2) is 53.4 Å². The van der Waals surface area contributed by atoms with Crippen LogP contribution in [0.25, 0.3) is 10.9 Å². The Bertz CT molecular complexity index is 1330. The number of fused-ring (bicyclic) bond motifs is 1. The van der Waals surface area contributed by atoms with Crippen molar-refractivity contribution in [2.24, 2.45) is 5.41 Å². The van der Waals surface area contributed by atoms with Gasteiger partial charge >= 0.3 is 0 Å². The lowest BCUT2D eigenvalue weighted by Gasteiger charge is -2.40. The summed E-state index contributed by atoms with van der Waals surface area (Å²) >= 11 is 0. The molecule has 0 aliphatic carbocycles. The highest BCUT2D eigenvalue weighted by molar-refractivity contribution is 5.84. The summed E-state index contributed by atoms with van der Waals surface area (Å²) in [5.41, 5.74) is -0.0736. The lowest BCUT2D eigenvalue weighted by atomic mass is 9.74. The number of piperidine rings is 1. The minimum atomic E-state index is -1.28. The second-order valence-electron chi connectivity index (χ2n) is 9.44. The second kappa shape index (κ2) is 11.5. The Morgan fingerprint density at radius 2 is 1.86 bits per heavy atom. The number of pyridine rings is 1. The quantitative estimate of drug-likeness (QED) is 0.270. The minimum Gasteiger partial charge on any atom is -0.497 e. The summed E-state index contributed by atoms with van der Waals surface area (Å²) in [6.45, 7) is 1.38. The molecule has 1 fully saturated rings. The van der Waals surface area contributed by atoms with Gasteiger partial charge in [-0.15, -0.1) is 0 Å². The van der Waals surface area contributed by atoms with Gasteiger partial charge < -0.3 is 14.9 Å². The van der Waals surface area contributed by atoms with Crippen LogP contribution < -0.4 is 4.74 Å². The number of aliphatic hydroxyl groups is 2. The summed E-state index contributed by atoms with van der Waals surface area (Å²) in [7, 11) is 1.51. The number of hydrogen-bond acceptors (Lipinski definition) is 5. The van der Waals surface area contributed by atoms with Crippen LogP contribution >= 0.6 is 0 Å². The van der Waals surface area contributed by atoms with E-state index in [2.05, 4.69) is 16.8 Å². The zero-order valence-electron chi connectivity index (χ0n) is 20.4. The molecule has 3 aromatic rings. The van der Waals surface area contributed by atoms with Crippen molar-refractivity contribution >= 4 is 10.9 Å². The molecule has 2 N–H and O–H groups in total. The molecule has 2 aromatic carbocycles. The zero-order chi connectivity index (χ0) is 26.6. The van der Waals surface area contributed by atoms with Crippen LogP contribution in [0.2, 0.25) is 0 Å². The zero-order valence-corrected chi connectivity index (χ0v) is 20.4. The van der Waals surface area contributed by atoms with E-state index in [1.165, 1.54) is 7.11 Å². The van der Waals surface area contributed by atoms with E-state index in [9.17, 15) is 27.8 Å². The first-order valence-corrected chi connectivity index (χ1v) is 12.0. The monoisotopic (exact) mass is 516 g/mol. The number of rotatable bonds is 7. The number of aromatic nitrogens is 1. The minimum absolute atomic E-state index is 0.0829. The Kier molecular flexibility index (Phi) is 8.32. The molecule has 1 aliphatic rings. The smallest absolute Gasteiger partial charge is 0.174 e. The number of hydrogen-bond donors (Lipinski definition) is 2. The molecule has 0 saturated carbocycles. The summed E-state index contributed by atoms with van der Waals surface area (Å²) in [6.07, 6.45) is 1.97. The molecule has 1 aliphatic heterocycles. The molecule has 1 aromatic heterocycles. The van der Waals surface area contributed by atoms with Crippen LogP contribution in [0.3, 0.4) is 0 Å². The van der Waals surface area contributed by atoms with Gasteiger partial charge in [0, 0.05) is 23.6 Å². The predicted octanol–water partition coefficient (Wildman–Crippen LogP) is 4.74. The summed E-state index contributed by atoms with van der Waals surface area (Å²) in [5, 5.41) is 21.6. The molecule has 37 heavy (non-hydrogen) atoms. The van der Waals surface area contributed by atoms with Gasteiger partial charge in [0.15, 0.2) is 11.6 Å². The molecule has 4 rings (SSSR count). The largest absolute Gasteiger partial charge is 0.497 e. The van der Waals surface area contributed by atoms with Gasteiger partial charge in [0.05, 0.1) is 37.0 Å². The maximum absolute atomic E-state index is 14.7. The van der Waals surface area contributed by atoms with Crippen LogP contribution in [0.4, 0.5) is 17.6 Å². The van der Waals surface area contributed by atoms with Gasteiger partial charge in [-0.2, -0.15) is 0 Å². The molecular formula is C28H28F4N2O3. The van der Waals surface area contributed by atoms with Crippen LogP contribution in [0.5, 0.6) is 5.75 Å². The number of likely N-dealkylation sites (tertiary alicyclic amines) is 1. The molecule has 1 unspecified atom stereocenters. The fourth-order valence-electron chi connectivity index (χ4n) is 4.79. The summed E-state index contributed by atoms with van der Waals surface area (Å²) in [5.74, 6) is 1.82. The third kappa shape index (κ3) is 6.04. The summed E-state index contributed by atoms with van der Waals surface area (Å²) < 4.78 is 60.4. The van der Waals surface area contributed by atoms with Gasteiger partial charge in [-0.25, -0.2) is 17.6 Å². The highest BCUT2D eigenvalue weighted by atomic mass is 19.2. The van der Waals surface area contributed by atoms with Crippen molar-refractivity contribution in [1.82, 2.24) is 9.88 Å². The van der Waals surface area contributed by atoms with E-state index in [-0.39, 0.29) is 30.7 Å². The number of halogens is 4. The van der Waals surface area contributed by atoms with Crippen molar-refractivity contribution in [3.8, 4) is 17.6 Å². The lowest BCUT2D eigenvalue weighted by molar-refractivity contribution is 0.0270. The maximum atomic E-state index is 14.7. The van der Waals surface area contributed by atoms with E-state index in [1.807, 2.05) is 4.90 Å². The molecule has 5 nitrogen and oxygen atoms in total. The Morgan fingerprint density at radius 3 is 2.57 bits per heavy atom. The molecule has 1 saturated heterocycles. The van der Waals surface area contributed by atoms with Crippen LogP contribution in [0.15, 0.2) is 36.5 Å². The van der Waals surface area contributed by atoms with Crippen molar-refractivity contribution in [3.63, 3.8) is 0 Å². The third-order valence-corrected chi connectivity index (χ3v) is 7.12. The summed E-state index contributed by atoms with van der Waals surface area (Å²) in [6, 6.07) is 6.40. The second-order valence-corrected chi connectivity index (χ2v) is 9.44. The molecule has 196 valence electrons. The average molecular weight is 517 g/mol. The van der Waals surface area contributed by atoms with Crippen molar-refractivity contribution in [2.75, 3.05) is 33.4 Å². The molecule has 9 heteroatoms. The average Bonchev–Trinajstić information content (AvgIpc) is 2.90. The highest BCUT2D eigenvalue weighted by Gasteiger charge is 2.34. The van der Waals surface area contributed by atoms with Crippen molar-refractivity contribution in [3.05, 3.63) is 70.9 Å². The SMILES string of the molecule is COc1ccc2ncc(F)c(C(O)CCC3(CO)CCN(CC#Cc4cc(F)cc(F)c4F)CC3)c2c1. The van der Waals surface area contributed by atoms with Gasteiger partial charge in [-0.05, 0) is 68.5 Å². The van der Waals surface area contributed by atoms with E-state index in [0.29, 0.717) is 55.1 Å². The van der Waals surface area contributed by atoms with E-state index < -0.39 is 34.8 Å². The number of aliphatic hydroxyl groups excluding tert-OH is 2. The first-order chi connectivity index (χ1) is 17.7. The number of methoxy groups -OCH3 is 1. The topological polar surface area (TPSA) is 65.8 Å². The maximum Gasteiger partial charge on any atom is 0.174 e. The molecule has 0 bridgehead atoms. The lowest BCUT2D eigenvalue weighted by Crippen LogP contribution is -2.42. The van der Waals surface area contributed by atoms with Crippen LogP contribution in [0.1, 0.15) is 42.9 Å². The molecule has 2 heterocycles. The first kappa shape index (κ1) is 26.9. The Hall–Kier alpha value is -3.19. The standard InChI is InChI=1S/C28H28F4N2O3/c1-37-20-4-5-24-21(15-20)26(23(31)16-33-24)25(36)6-7-28(17-35)8-11-34(12-9-28)10-2-3-18-13-19(29)14-22(30)27(18)32/h4-5,13-16,25,35-36H,6-12,17H2,1H3. The molecule has 0 spiro atoms. The Balaban J connectivity index is 1.38. The van der Waals surface area contributed by atoms with Crippen LogP contribution in [-0.2, 0) is 0 Å². The fourth-order valence-corrected chi connectivity index (χ4v) is 4.79. The molecule has 0 amide bonds. The number of benzene rings is 2. The fraction of sp³-hybridized carbons (Fsp3) is 0.393. The Morgan fingerprint density at radius 1 is 1.11 bits per heavy atom. The van der Waals surface area contributed by atoms with Gasteiger partial charge in [-0.3, -0.25) is 9.88 Å². The third-order valence-electron chi connectivity index (χ3n) is 7.12. The number of ether oxygens (including phenoxy) is 1. The van der Waals surface area contributed by atoms with E-state index in [4.69, 9.17) is 4.74 Å². The van der Waals surface area contributed by atoms with Crippen LogP contribution in [0, 0.1) is 40.5 Å². The Labute approximate surface area is 212 Å². The predicted molar refractivity (Wildman–Crippen MR) is 131 cm³/mol. The molecule has 0 radical (unpaired) electrons. The van der Waals surface area contributed by atoms with Gasteiger partial charge in [-0.1, -0.05) is 11.8 Å². The van der Waals surface area contributed by atoms with Crippen molar-refractivity contribution in [2.45, 2.75) is 31.8 Å². The molecule has 1 atom stereocenters. The highest BCUT2D eigenvalue weighted by Crippen LogP contribution is 2.39. The number of nitrogens with zero attached hydrogens (tertiary/aromatic N) is 2. The van der Waals surface area contributed by atoms with E-state index >= 15 is 0 Å². The van der Waals surface area contributed by atoms with E-state index in [0.717, 1.165) is 12.3 Å². The van der Waals surface area contributed by atoms with E-state index in [1.54, 1.807) is 18.2 Å². The molecular weight excluding hydrogens is 488 g/mol. The van der Waals surface area contributed by atoms with Gasteiger partial charge in [0.1, 0.15) is 17.4 Å².